The van der Waals surface area contributed by atoms with E-state index in [1.807, 2.05) is 0 Å². The Morgan fingerprint density at radius 2 is 2.33 bits per heavy atom. The van der Waals surface area contributed by atoms with Crippen LogP contribution in [-0.2, 0) is 14.8 Å². The minimum atomic E-state index is -3.98. The van der Waals surface area contributed by atoms with Crippen molar-refractivity contribution in [2.45, 2.75) is 23.9 Å². The van der Waals surface area contributed by atoms with Crippen molar-refractivity contribution in [2.75, 3.05) is 6.54 Å². The molecular formula is C10H12FN3O3S. The Kier molecular flexibility index (Phi) is 3.58. The minimum absolute atomic E-state index is 0.0318. The van der Waals surface area contributed by atoms with E-state index in [0.29, 0.717) is 12.8 Å². The molecule has 0 saturated carbocycles. The van der Waals surface area contributed by atoms with Crippen LogP contribution in [-0.4, -0.2) is 31.9 Å². The Bertz CT molecular complexity index is 561. The first-order valence-electron chi connectivity index (χ1n) is 5.38. The monoisotopic (exact) mass is 273 g/mol. The highest BCUT2D eigenvalue weighted by Crippen LogP contribution is 2.11. The summed E-state index contributed by atoms with van der Waals surface area (Å²) < 4.78 is 39.1. The summed E-state index contributed by atoms with van der Waals surface area (Å²) in [5.41, 5.74) is 0. The van der Waals surface area contributed by atoms with E-state index < -0.39 is 20.9 Å². The van der Waals surface area contributed by atoms with Gasteiger partial charge in [0.2, 0.25) is 10.9 Å². The lowest BCUT2D eigenvalue weighted by Gasteiger charge is -2.11. The number of carbonyl (C=O) groups is 1. The molecule has 1 amide bonds. The number of aromatic nitrogens is 1. The van der Waals surface area contributed by atoms with Gasteiger partial charge in [-0.05, 0) is 18.6 Å². The molecule has 8 heteroatoms. The molecule has 0 aromatic carbocycles. The molecule has 1 aromatic heterocycles. The third-order valence-corrected chi connectivity index (χ3v) is 3.94. The number of sulfonamides is 1. The number of rotatable bonds is 4. The van der Waals surface area contributed by atoms with E-state index >= 15 is 0 Å². The fraction of sp³-hybridized carbons (Fsp3) is 0.400. The highest BCUT2D eigenvalue weighted by molar-refractivity contribution is 7.89. The first kappa shape index (κ1) is 12.9. The van der Waals surface area contributed by atoms with Crippen LogP contribution in [0, 0.1) is 5.82 Å². The van der Waals surface area contributed by atoms with Crippen LogP contribution in [0.2, 0.25) is 0 Å². The molecule has 98 valence electrons. The third-order valence-electron chi connectivity index (χ3n) is 2.58. The summed E-state index contributed by atoms with van der Waals surface area (Å²) >= 11 is 0. The average molecular weight is 273 g/mol. The van der Waals surface area contributed by atoms with Crippen molar-refractivity contribution in [3.63, 3.8) is 0 Å². The van der Waals surface area contributed by atoms with Crippen molar-refractivity contribution in [3.05, 3.63) is 24.1 Å². The van der Waals surface area contributed by atoms with Crippen molar-refractivity contribution in [3.8, 4) is 0 Å². The van der Waals surface area contributed by atoms with Gasteiger partial charge in [0.15, 0.2) is 5.82 Å². The van der Waals surface area contributed by atoms with Crippen LogP contribution < -0.4 is 10.0 Å². The maximum atomic E-state index is 13.3. The third kappa shape index (κ3) is 2.82. The molecule has 6 nitrogen and oxygen atoms in total. The van der Waals surface area contributed by atoms with Gasteiger partial charge in [0, 0.05) is 25.2 Å². The van der Waals surface area contributed by atoms with Gasteiger partial charge in [-0.3, -0.25) is 4.79 Å². The summed E-state index contributed by atoms with van der Waals surface area (Å²) in [7, 11) is -3.98. The maximum Gasteiger partial charge on any atom is 0.261 e. The topological polar surface area (TPSA) is 88.2 Å². The molecule has 2 rings (SSSR count). The van der Waals surface area contributed by atoms with Crippen LogP contribution in [0.5, 0.6) is 0 Å². The molecular weight excluding hydrogens is 261 g/mol. The average Bonchev–Trinajstić information content (AvgIpc) is 2.73. The van der Waals surface area contributed by atoms with Crippen molar-refractivity contribution >= 4 is 15.9 Å². The maximum absolute atomic E-state index is 13.3. The fourth-order valence-electron chi connectivity index (χ4n) is 1.68. The molecule has 2 N–H and O–H groups in total. The lowest BCUT2D eigenvalue weighted by Crippen LogP contribution is -2.38. The Hall–Kier alpha value is -1.54. The zero-order chi connectivity index (χ0) is 13.2. The van der Waals surface area contributed by atoms with Gasteiger partial charge in [0.1, 0.15) is 0 Å². The molecule has 1 atom stereocenters. The zero-order valence-corrected chi connectivity index (χ0v) is 10.2. The molecule has 1 fully saturated rings. The van der Waals surface area contributed by atoms with Crippen molar-refractivity contribution in [1.82, 2.24) is 15.0 Å². The molecule has 1 aliphatic rings. The van der Waals surface area contributed by atoms with Gasteiger partial charge in [-0.15, -0.1) is 0 Å². The summed E-state index contributed by atoms with van der Waals surface area (Å²) in [5.74, 6) is -1.01. The molecule has 1 aliphatic heterocycles. The first-order valence-corrected chi connectivity index (χ1v) is 6.87. The van der Waals surface area contributed by atoms with E-state index in [1.165, 1.54) is 12.3 Å². The Balaban J connectivity index is 2.04. The number of carbonyl (C=O) groups excluding carboxylic acids is 1. The van der Waals surface area contributed by atoms with Crippen LogP contribution in [0.25, 0.3) is 0 Å². The van der Waals surface area contributed by atoms with E-state index in [0.717, 1.165) is 6.07 Å². The van der Waals surface area contributed by atoms with Gasteiger partial charge in [-0.2, -0.15) is 0 Å². The summed E-state index contributed by atoms with van der Waals surface area (Å²) in [5, 5.41) is 1.98. The lowest BCUT2D eigenvalue weighted by molar-refractivity contribution is -0.119. The smallest absolute Gasteiger partial charge is 0.261 e. The SMILES string of the molecule is O=C1CCC(CNS(=O)(=O)c2ncccc2F)N1. The number of nitrogens with one attached hydrogen (secondary N) is 2. The standard InChI is InChI=1S/C10H12FN3O3S/c11-8-2-1-5-12-10(8)18(16,17)13-6-7-3-4-9(15)14-7/h1-2,5,7,13H,3-4,6H2,(H,14,15). The van der Waals surface area contributed by atoms with Crippen LogP contribution in [0.1, 0.15) is 12.8 Å². The normalized spacial score (nSPS) is 19.8. The van der Waals surface area contributed by atoms with Gasteiger partial charge in [0.05, 0.1) is 0 Å². The highest BCUT2D eigenvalue weighted by atomic mass is 32.2. The lowest BCUT2D eigenvalue weighted by atomic mass is 10.2. The summed E-state index contributed by atoms with van der Waals surface area (Å²) in [6.07, 6.45) is 2.14. The van der Waals surface area contributed by atoms with Gasteiger partial charge in [-0.25, -0.2) is 22.5 Å². The first-order chi connectivity index (χ1) is 8.49. The molecule has 1 aromatic rings. The largest absolute Gasteiger partial charge is 0.352 e. The molecule has 0 radical (unpaired) electrons. The van der Waals surface area contributed by atoms with Gasteiger partial charge in [-0.1, -0.05) is 0 Å². The second-order valence-electron chi connectivity index (χ2n) is 3.95. The predicted molar refractivity (Wildman–Crippen MR) is 60.5 cm³/mol. The van der Waals surface area contributed by atoms with E-state index in [-0.39, 0.29) is 18.5 Å². The van der Waals surface area contributed by atoms with Crippen LogP contribution >= 0.6 is 0 Å². The van der Waals surface area contributed by atoms with Crippen molar-refractivity contribution < 1.29 is 17.6 Å². The van der Waals surface area contributed by atoms with Crippen LogP contribution in [0.4, 0.5) is 4.39 Å². The van der Waals surface area contributed by atoms with E-state index in [4.69, 9.17) is 0 Å². The second kappa shape index (κ2) is 4.99. The fourth-order valence-corrected chi connectivity index (χ4v) is 2.76. The van der Waals surface area contributed by atoms with E-state index in [1.54, 1.807) is 0 Å². The summed E-state index contributed by atoms with van der Waals surface area (Å²) in [6, 6.07) is 2.09. The molecule has 0 bridgehead atoms. The number of amides is 1. The van der Waals surface area contributed by atoms with Gasteiger partial charge in [0.25, 0.3) is 10.0 Å². The molecule has 2 heterocycles. The van der Waals surface area contributed by atoms with Crippen LogP contribution in [0.15, 0.2) is 23.4 Å². The Morgan fingerprint density at radius 3 is 2.94 bits per heavy atom. The Labute approximate surface area is 104 Å². The second-order valence-corrected chi connectivity index (χ2v) is 5.63. The van der Waals surface area contributed by atoms with Crippen molar-refractivity contribution in [1.29, 1.82) is 0 Å². The minimum Gasteiger partial charge on any atom is -0.352 e. The molecule has 18 heavy (non-hydrogen) atoms. The number of halogens is 1. The number of hydrogen-bond donors (Lipinski definition) is 2. The van der Waals surface area contributed by atoms with Crippen molar-refractivity contribution in [2.24, 2.45) is 0 Å². The van der Waals surface area contributed by atoms with E-state index in [9.17, 15) is 17.6 Å². The Morgan fingerprint density at radius 1 is 1.56 bits per heavy atom. The molecule has 0 spiro atoms. The summed E-state index contributed by atoms with van der Waals surface area (Å²) in [4.78, 5) is 14.4. The number of hydrogen-bond acceptors (Lipinski definition) is 4. The molecule has 1 unspecified atom stereocenters. The van der Waals surface area contributed by atoms with Gasteiger partial charge >= 0.3 is 0 Å². The molecule has 0 aliphatic carbocycles. The van der Waals surface area contributed by atoms with E-state index in [2.05, 4.69) is 15.0 Å². The highest BCUT2D eigenvalue weighted by Gasteiger charge is 2.25. The quantitative estimate of drug-likeness (QED) is 0.793. The summed E-state index contributed by atoms with van der Waals surface area (Å²) in [6.45, 7) is 0.0318. The van der Waals surface area contributed by atoms with Crippen LogP contribution in [0.3, 0.4) is 0 Å². The number of nitrogens with zero attached hydrogens (tertiary/aromatic N) is 1. The molecule has 1 saturated heterocycles. The zero-order valence-electron chi connectivity index (χ0n) is 9.39. The number of pyridine rings is 1. The predicted octanol–water partition coefficient (Wildman–Crippen LogP) is -0.222. The van der Waals surface area contributed by atoms with Gasteiger partial charge < -0.3 is 5.32 Å².